The van der Waals surface area contributed by atoms with E-state index in [1.54, 1.807) is 24.5 Å². The summed E-state index contributed by atoms with van der Waals surface area (Å²) in [7, 11) is 0. The van der Waals surface area contributed by atoms with Gasteiger partial charge in [0.25, 0.3) is 5.76 Å². The van der Waals surface area contributed by atoms with E-state index < -0.39 is 5.76 Å². The summed E-state index contributed by atoms with van der Waals surface area (Å²) in [5, 5.41) is 9.53. The maximum absolute atomic E-state index is 12.0. The second kappa shape index (κ2) is 5.72. The van der Waals surface area contributed by atoms with Crippen LogP contribution in [0.4, 0.5) is 14.5 Å². The summed E-state index contributed by atoms with van der Waals surface area (Å²) in [6.45, 7) is 0.499. The first kappa shape index (κ1) is 12.0. The number of rotatable bonds is 6. The molecule has 4 nitrogen and oxygen atoms in total. The van der Waals surface area contributed by atoms with Crippen LogP contribution in [0.1, 0.15) is 11.5 Å². The average Bonchev–Trinajstić information content (AvgIpc) is 2.95. The van der Waals surface area contributed by atoms with E-state index in [-0.39, 0.29) is 5.75 Å². The van der Waals surface area contributed by atoms with Crippen molar-refractivity contribution in [1.29, 1.82) is 0 Å². The fourth-order valence-electron chi connectivity index (χ4n) is 1.28. The topological polar surface area (TPSA) is 53.9 Å². The quantitative estimate of drug-likeness (QED) is 0.837. The summed E-state index contributed by atoms with van der Waals surface area (Å²) in [5.74, 6) is -0.924. The molecule has 2 heterocycles. The number of furan rings is 1. The Morgan fingerprint density at radius 1 is 1.41 bits per heavy atom. The van der Waals surface area contributed by atoms with E-state index in [0.29, 0.717) is 29.8 Å². The Labute approximate surface area is 101 Å². The second-order valence-corrected chi connectivity index (χ2v) is 4.26. The van der Waals surface area contributed by atoms with Gasteiger partial charge in [0.15, 0.2) is 0 Å². The molecule has 0 aliphatic rings. The molecule has 0 aliphatic heterocycles. The predicted molar refractivity (Wildman–Crippen MR) is 61.9 cm³/mol. The molecule has 0 saturated heterocycles. The highest BCUT2D eigenvalue weighted by Gasteiger charge is 2.07. The normalized spacial score (nSPS) is 11.0. The Balaban J connectivity index is 1.81. The third-order valence-electron chi connectivity index (χ3n) is 2.03. The van der Waals surface area contributed by atoms with Gasteiger partial charge in [-0.15, -0.1) is 0 Å². The zero-order chi connectivity index (χ0) is 12.1. The number of thioether (sulfide) groups is 1. The average molecular weight is 259 g/mol. The molecule has 0 amide bonds. The minimum atomic E-state index is -2.37. The molecule has 2 aromatic rings. The Morgan fingerprint density at radius 3 is 2.94 bits per heavy atom. The molecule has 0 fully saturated rings. The van der Waals surface area contributed by atoms with Gasteiger partial charge in [-0.25, -0.2) is 0 Å². The summed E-state index contributed by atoms with van der Waals surface area (Å²) < 4.78 is 29.3. The SMILES string of the molecule is FC(F)SCc1ccc(CNc2cn[nH]c2)o1. The molecular formula is C10H11F2N3OS. The fraction of sp³-hybridized carbons (Fsp3) is 0.300. The summed E-state index contributed by atoms with van der Waals surface area (Å²) in [4.78, 5) is 0. The van der Waals surface area contributed by atoms with Gasteiger partial charge in [0.2, 0.25) is 0 Å². The van der Waals surface area contributed by atoms with E-state index in [2.05, 4.69) is 15.5 Å². The molecule has 92 valence electrons. The summed E-state index contributed by atoms with van der Waals surface area (Å²) in [6.07, 6.45) is 3.37. The summed E-state index contributed by atoms with van der Waals surface area (Å²) >= 11 is 0.551. The van der Waals surface area contributed by atoms with Crippen molar-refractivity contribution in [3.8, 4) is 0 Å². The first-order chi connectivity index (χ1) is 8.24. The van der Waals surface area contributed by atoms with Crippen molar-refractivity contribution in [2.24, 2.45) is 0 Å². The fourth-order valence-corrected chi connectivity index (χ4v) is 1.72. The van der Waals surface area contributed by atoms with Crippen LogP contribution in [0.15, 0.2) is 28.9 Å². The molecule has 0 saturated carbocycles. The number of hydrogen-bond acceptors (Lipinski definition) is 4. The number of hydrogen-bond donors (Lipinski definition) is 2. The first-order valence-corrected chi connectivity index (χ1v) is 5.99. The van der Waals surface area contributed by atoms with E-state index in [1.807, 2.05) is 0 Å². The van der Waals surface area contributed by atoms with E-state index in [1.165, 1.54) is 0 Å². The largest absolute Gasteiger partial charge is 0.463 e. The molecule has 2 rings (SSSR count). The van der Waals surface area contributed by atoms with Crippen LogP contribution in [0.3, 0.4) is 0 Å². The van der Waals surface area contributed by atoms with Crippen molar-refractivity contribution in [2.75, 3.05) is 5.32 Å². The van der Waals surface area contributed by atoms with Crippen LogP contribution >= 0.6 is 11.8 Å². The molecule has 2 aromatic heterocycles. The highest BCUT2D eigenvalue weighted by Crippen LogP contribution is 2.21. The number of alkyl halides is 2. The van der Waals surface area contributed by atoms with Crippen LogP contribution in [0.5, 0.6) is 0 Å². The number of aromatic nitrogens is 2. The van der Waals surface area contributed by atoms with Gasteiger partial charge >= 0.3 is 0 Å². The number of nitrogens with one attached hydrogen (secondary N) is 2. The van der Waals surface area contributed by atoms with Crippen molar-refractivity contribution < 1.29 is 13.2 Å². The van der Waals surface area contributed by atoms with Gasteiger partial charge in [-0.2, -0.15) is 13.9 Å². The van der Waals surface area contributed by atoms with E-state index in [4.69, 9.17) is 4.42 Å². The molecule has 17 heavy (non-hydrogen) atoms. The first-order valence-electron chi connectivity index (χ1n) is 4.94. The lowest BCUT2D eigenvalue weighted by atomic mass is 10.4. The highest BCUT2D eigenvalue weighted by molar-refractivity contribution is 7.98. The van der Waals surface area contributed by atoms with Crippen LogP contribution in [-0.4, -0.2) is 16.0 Å². The third-order valence-corrected chi connectivity index (χ3v) is 2.74. The standard InChI is InChI=1S/C10H11F2N3OS/c11-10(12)17-6-9-2-1-8(16-9)5-13-7-3-14-15-4-7/h1-4,10,13H,5-6H2,(H,14,15). The molecule has 0 aliphatic carbocycles. The van der Waals surface area contributed by atoms with Crippen molar-refractivity contribution in [1.82, 2.24) is 10.2 Å². The molecule has 2 N–H and O–H groups in total. The minimum Gasteiger partial charge on any atom is -0.463 e. The molecule has 0 atom stereocenters. The van der Waals surface area contributed by atoms with E-state index in [0.717, 1.165) is 5.69 Å². The van der Waals surface area contributed by atoms with E-state index >= 15 is 0 Å². The maximum atomic E-state index is 12.0. The minimum absolute atomic E-state index is 0.184. The van der Waals surface area contributed by atoms with Crippen molar-refractivity contribution in [2.45, 2.75) is 18.1 Å². The molecule has 7 heteroatoms. The number of H-pyrrole nitrogens is 1. The van der Waals surface area contributed by atoms with Crippen molar-refractivity contribution in [3.63, 3.8) is 0 Å². The zero-order valence-corrected chi connectivity index (χ0v) is 9.64. The smallest absolute Gasteiger partial charge is 0.284 e. The molecular weight excluding hydrogens is 248 g/mol. The Kier molecular flexibility index (Phi) is 4.03. The number of anilines is 1. The van der Waals surface area contributed by atoms with E-state index in [9.17, 15) is 8.78 Å². The number of halogens is 2. The van der Waals surface area contributed by atoms with Gasteiger partial charge in [0.05, 0.1) is 24.2 Å². The summed E-state index contributed by atoms with van der Waals surface area (Å²) in [6, 6.07) is 3.48. The van der Waals surface area contributed by atoms with Crippen LogP contribution in [0.25, 0.3) is 0 Å². The van der Waals surface area contributed by atoms with Crippen LogP contribution < -0.4 is 5.32 Å². The molecule has 0 radical (unpaired) electrons. The maximum Gasteiger partial charge on any atom is 0.284 e. The lowest BCUT2D eigenvalue weighted by Crippen LogP contribution is -1.96. The number of nitrogens with zero attached hydrogens (tertiary/aromatic N) is 1. The highest BCUT2D eigenvalue weighted by atomic mass is 32.2. The number of aromatic amines is 1. The molecule has 0 bridgehead atoms. The Bertz CT molecular complexity index is 444. The molecule has 0 spiro atoms. The van der Waals surface area contributed by atoms with Gasteiger partial charge in [0.1, 0.15) is 11.5 Å². The molecule has 0 aromatic carbocycles. The Hall–Kier alpha value is -1.50. The molecule has 0 unspecified atom stereocenters. The van der Waals surface area contributed by atoms with Gasteiger partial charge in [-0.3, -0.25) is 5.10 Å². The van der Waals surface area contributed by atoms with Gasteiger partial charge in [0, 0.05) is 6.20 Å². The summed E-state index contributed by atoms with van der Waals surface area (Å²) in [5.41, 5.74) is 0.852. The van der Waals surface area contributed by atoms with Crippen molar-refractivity contribution >= 4 is 17.4 Å². The third kappa shape index (κ3) is 3.77. The Morgan fingerprint density at radius 2 is 2.24 bits per heavy atom. The lowest BCUT2D eigenvalue weighted by Gasteiger charge is -2.00. The predicted octanol–water partition coefficient (Wildman–Crippen LogP) is 3.07. The van der Waals surface area contributed by atoms with Gasteiger partial charge in [-0.1, -0.05) is 11.8 Å². The van der Waals surface area contributed by atoms with Crippen LogP contribution in [0.2, 0.25) is 0 Å². The van der Waals surface area contributed by atoms with Crippen LogP contribution in [0, 0.1) is 0 Å². The monoisotopic (exact) mass is 259 g/mol. The zero-order valence-electron chi connectivity index (χ0n) is 8.82. The van der Waals surface area contributed by atoms with Gasteiger partial charge < -0.3 is 9.73 Å². The second-order valence-electron chi connectivity index (χ2n) is 3.28. The van der Waals surface area contributed by atoms with Crippen LogP contribution in [-0.2, 0) is 12.3 Å². The van der Waals surface area contributed by atoms with Crippen molar-refractivity contribution in [3.05, 3.63) is 36.0 Å². The van der Waals surface area contributed by atoms with Gasteiger partial charge in [-0.05, 0) is 12.1 Å². The lowest BCUT2D eigenvalue weighted by molar-refractivity contribution is 0.251.